The summed E-state index contributed by atoms with van der Waals surface area (Å²) in [5.74, 6) is 0.241. The second kappa shape index (κ2) is 4.75. The third-order valence-electron chi connectivity index (χ3n) is 2.02. The summed E-state index contributed by atoms with van der Waals surface area (Å²) in [4.78, 5) is 13.3. The van der Waals surface area contributed by atoms with Gasteiger partial charge in [-0.25, -0.2) is 0 Å². The molecule has 1 rings (SSSR count). The fourth-order valence-electron chi connectivity index (χ4n) is 1.36. The molecule has 0 aliphatic carbocycles. The minimum absolute atomic E-state index is 0.241. The van der Waals surface area contributed by atoms with E-state index in [1.54, 1.807) is 6.08 Å². The highest BCUT2D eigenvalue weighted by Gasteiger charge is 2.15. The number of hydrogen-bond acceptors (Lipinski definition) is 1. The predicted octanol–water partition coefficient (Wildman–Crippen LogP) is 1.74. The number of likely N-dealkylation sites (tertiary alicyclic amines) is 1. The second-order valence-corrected chi connectivity index (χ2v) is 2.96. The third kappa shape index (κ3) is 2.53. The van der Waals surface area contributed by atoms with Gasteiger partial charge in [-0.15, -0.1) is 0 Å². The molecule has 2 nitrogen and oxygen atoms in total. The van der Waals surface area contributed by atoms with E-state index in [0.717, 1.165) is 25.9 Å². The maximum absolute atomic E-state index is 11.4. The minimum Gasteiger partial charge on any atom is -0.342 e. The van der Waals surface area contributed by atoms with Crippen LogP contribution < -0.4 is 0 Å². The zero-order valence-corrected chi connectivity index (χ0v) is 7.33. The summed E-state index contributed by atoms with van der Waals surface area (Å²) in [6.45, 7) is 5.43. The van der Waals surface area contributed by atoms with Crippen molar-refractivity contribution in [2.45, 2.75) is 19.3 Å². The van der Waals surface area contributed by atoms with Crippen LogP contribution >= 0.6 is 0 Å². The lowest BCUT2D eigenvalue weighted by atomic mass is 10.3. The first kappa shape index (κ1) is 9.04. The molecule has 1 aliphatic heterocycles. The Morgan fingerprint density at radius 2 is 2.08 bits per heavy atom. The minimum atomic E-state index is 0.241. The van der Waals surface area contributed by atoms with Crippen molar-refractivity contribution >= 4 is 5.91 Å². The quantitative estimate of drug-likeness (QED) is 0.583. The predicted molar refractivity (Wildman–Crippen MR) is 49.8 cm³/mol. The maximum Gasteiger partial charge on any atom is 0.226 e. The highest BCUT2D eigenvalue weighted by molar-refractivity contribution is 5.77. The van der Waals surface area contributed by atoms with Crippen molar-refractivity contribution in [3.63, 3.8) is 0 Å². The van der Waals surface area contributed by atoms with Crippen molar-refractivity contribution in [2.75, 3.05) is 13.1 Å². The van der Waals surface area contributed by atoms with Crippen LogP contribution in [0.2, 0.25) is 0 Å². The van der Waals surface area contributed by atoms with Crippen LogP contribution in [0, 0.1) is 0 Å². The number of allylic oxidation sites excluding steroid dienone is 2. The van der Waals surface area contributed by atoms with Crippen molar-refractivity contribution in [1.82, 2.24) is 4.90 Å². The first-order chi connectivity index (χ1) is 5.84. The zero-order valence-electron chi connectivity index (χ0n) is 7.33. The van der Waals surface area contributed by atoms with Crippen LogP contribution in [0.3, 0.4) is 0 Å². The van der Waals surface area contributed by atoms with Gasteiger partial charge in [0.05, 0.1) is 0 Å². The lowest BCUT2D eigenvalue weighted by Crippen LogP contribution is -2.26. The normalized spacial score (nSPS) is 17.2. The van der Waals surface area contributed by atoms with E-state index in [-0.39, 0.29) is 5.91 Å². The average Bonchev–Trinajstić information content (AvgIpc) is 2.56. The van der Waals surface area contributed by atoms with Gasteiger partial charge in [0.25, 0.3) is 0 Å². The molecule has 0 aromatic rings. The van der Waals surface area contributed by atoms with E-state index < -0.39 is 0 Å². The Kier molecular flexibility index (Phi) is 3.58. The fraction of sp³-hybridized carbons (Fsp3) is 0.500. The monoisotopic (exact) mass is 165 g/mol. The molecule has 0 radical (unpaired) electrons. The topological polar surface area (TPSA) is 20.3 Å². The molecule has 1 amide bonds. The molecule has 66 valence electrons. The maximum atomic E-state index is 11.4. The molecule has 0 spiro atoms. The first-order valence-corrected chi connectivity index (χ1v) is 4.40. The van der Waals surface area contributed by atoms with Gasteiger partial charge in [-0.2, -0.15) is 0 Å². The van der Waals surface area contributed by atoms with Gasteiger partial charge in [0.2, 0.25) is 5.91 Å². The Hall–Kier alpha value is -1.05. The number of hydrogen-bond donors (Lipinski definition) is 0. The molecule has 1 aliphatic rings. The number of carbonyl (C=O) groups excluding carboxylic acids is 1. The van der Waals surface area contributed by atoms with E-state index in [0.29, 0.717) is 6.42 Å². The number of nitrogens with zero attached hydrogens (tertiary/aromatic N) is 1. The Bertz CT molecular complexity index is 190. The number of carbonyl (C=O) groups is 1. The van der Waals surface area contributed by atoms with Gasteiger partial charge in [-0.1, -0.05) is 24.8 Å². The van der Waals surface area contributed by atoms with E-state index in [1.165, 1.54) is 0 Å². The molecule has 12 heavy (non-hydrogen) atoms. The Morgan fingerprint density at radius 1 is 1.42 bits per heavy atom. The molecular weight excluding hydrogens is 150 g/mol. The molecule has 1 heterocycles. The van der Waals surface area contributed by atoms with Gasteiger partial charge in [0, 0.05) is 19.5 Å². The Balaban J connectivity index is 2.27. The van der Waals surface area contributed by atoms with Gasteiger partial charge >= 0.3 is 0 Å². The molecule has 0 atom stereocenters. The van der Waals surface area contributed by atoms with Gasteiger partial charge in [-0.05, 0) is 12.8 Å². The van der Waals surface area contributed by atoms with E-state index in [9.17, 15) is 4.79 Å². The zero-order chi connectivity index (χ0) is 8.81. The molecule has 0 aromatic heterocycles. The summed E-state index contributed by atoms with van der Waals surface area (Å²) >= 11 is 0. The molecule has 0 saturated carbocycles. The molecule has 1 fully saturated rings. The lowest BCUT2D eigenvalue weighted by Gasteiger charge is -2.13. The summed E-state index contributed by atoms with van der Waals surface area (Å²) in [5.41, 5.74) is 0. The van der Waals surface area contributed by atoms with Gasteiger partial charge in [0.15, 0.2) is 0 Å². The van der Waals surface area contributed by atoms with Crippen LogP contribution in [0.1, 0.15) is 19.3 Å². The van der Waals surface area contributed by atoms with Crippen molar-refractivity contribution in [3.8, 4) is 0 Å². The number of rotatable bonds is 3. The lowest BCUT2D eigenvalue weighted by molar-refractivity contribution is -0.129. The van der Waals surface area contributed by atoms with Crippen LogP contribution in [-0.2, 0) is 4.79 Å². The molecule has 0 N–H and O–H groups in total. The molecule has 0 unspecified atom stereocenters. The fourth-order valence-corrected chi connectivity index (χ4v) is 1.36. The summed E-state index contributed by atoms with van der Waals surface area (Å²) in [5, 5.41) is 0. The SMILES string of the molecule is C=C/C=C/CC(=O)N1CCCC1. The van der Waals surface area contributed by atoms with Crippen LogP contribution in [0.15, 0.2) is 24.8 Å². The second-order valence-electron chi connectivity index (χ2n) is 2.96. The Morgan fingerprint density at radius 3 is 2.67 bits per heavy atom. The third-order valence-corrected chi connectivity index (χ3v) is 2.02. The van der Waals surface area contributed by atoms with Crippen LogP contribution in [0.4, 0.5) is 0 Å². The van der Waals surface area contributed by atoms with Crippen LogP contribution in [0.5, 0.6) is 0 Å². The van der Waals surface area contributed by atoms with Gasteiger partial charge < -0.3 is 4.90 Å². The summed E-state index contributed by atoms with van der Waals surface area (Å²) in [7, 11) is 0. The molecule has 1 saturated heterocycles. The van der Waals surface area contributed by atoms with E-state index in [1.807, 2.05) is 17.1 Å². The smallest absolute Gasteiger partial charge is 0.226 e. The highest BCUT2D eigenvalue weighted by atomic mass is 16.2. The largest absolute Gasteiger partial charge is 0.342 e. The van der Waals surface area contributed by atoms with Crippen molar-refractivity contribution < 1.29 is 4.79 Å². The van der Waals surface area contributed by atoms with Crippen LogP contribution in [-0.4, -0.2) is 23.9 Å². The van der Waals surface area contributed by atoms with E-state index >= 15 is 0 Å². The van der Waals surface area contributed by atoms with E-state index in [2.05, 4.69) is 6.58 Å². The highest BCUT2D eigenvalue weighted by Crippen LogP contribution is 2.08. The average molecular weight is 165 g/mol. The Labute approximate surface area is 73.6 Å². The first-order valence-electron chi connectivity index (χ1n) is 4.40. The van der Waals surface area contributed by atoms with Crippen molar-refractivity contribution in [1.29, 1.82) is 0 Å². The summed E-state index contributed by atoms with van der Waals surface area (Å²) < 4.78 is 0. The van der Waals surface area contributed by atoms with Crippen molar-refractivity contribution in [3.05, 3.63) is 24.8 Å². The number of amides is 1. The summed E-state index contributed by atoms with van der Waals surface area (Å²) in [6.07, 6.45) is 8.21. The molecular formula is C10H15NO. The molecule has 0 bridgehead atoms. The van der Waals surface area contributed by atoms with E-state index in [4.69, 9.17) is 0 Å². The van der Waals surface area contributed by atoms with Crippen molar-refractivity contribution in [2.24, 2.45) is 0 Å². The van der Waals surface area contributed by atoms with Gasteiger partial charge in [-0.3, -0.25) is 4.79 Å². The molecule has 0 aromatic carbocycles. The van der Waals surface area contributed by atoms with Gasteiger partial charge in [0.1, 0.15) is 0 Å². The van der Waals surface area contributed by atoms with Crippen LogP contribution in [0.25, 0.3) is 0 Å². The standard InChI is InChI=1S/C10H15NO/c1-2-3-4-7-10(12)11-8-5-6-9-11/h2-4H,1,5-9H2/b4-3+. The summed E-state index contributed by atoms with van der Waals surface area (Å²) in [6, 6.07) is 0. The molecule has 2 heteroatoms.